The second-order valence-corrected chi connectivity index (χ2v) is 5.63. The van der Waals surface area contributed by atoms with Crippen LogP contribution >= 0.6 is 0 Å². The third-order valence-electron chi connectivity index (χ3n) is 3.74. The van der Waals surface area contributed by atoms with Gasteiger partial charge in [-0.1, -0.05) is 36.8 Å². The number of carbonyl (C=O) groups excluding carboxylic acids is 2. The van der Waals surface area contributed by atoms with Gasteiger partial charge >= 0.3 is 0 Å². The number of nitrogens with one attached hydrogen (secondary N) is 2. The first-order chi connectivity index (χ1) is 11.5. The summed E-state index contributed by atoms with van der Waals surface area (Å²) in [7, 11) is 0. The fourth-order valence-corrected chi connectivity index (χ4v) is 2.33. The van der Waals surface area contributed by atoms with E-state index in [1.165, 1.54) is 24.3 Å². The van der Waals surface area contributed by atoms with Gasteiger partial charge in [-0.3, -0.25) is 9.59 Å². The van der Waals surface area contributed by atoms with Gasteiger partial charge in [0.15, 0.2) is 0 Å². The van der Waals surface area contributed by atoms with Crippen molar-refractivity contribution in [2.45, 2.75) is 26.3 Å². The third-order valence-corrected chi connectivity index (χ3v) is 3.74. The number of benzene rings is 2. The maximum absolute atomic E-state index is 12.8. The number of hydrogen-bond acceptors (Lipinski definition) is 2. The molecule has 1 unspecified atom stereocenters. The molecule has 2 aromatic rings. The summed E-state index contributed by atoms with van der Waals surface area (Å²) in [6.45, 7) is 3.87. The summed E-state index contributed by atoms with van der Waals surface area (Å²) in [5.41, 5.74) is 2.50. The van der Waals surface area contributed by atoms with Gasteiger partial charge in [-0.05, 0) is 43.2 Å². The Labute approximate surface area is 141 Å². The molecular weight excluding hydrogens is 307 g/mol. The van der Waals surface area contributed by atoms with E-state index in [0.717, 1.165) is 17.5 Å². The normalized spacial score (nSPS) is 11.6. The maximum Gasteiger partial charge on any atom is 0.251 e. The van der Waals surface area contributed by atoms with E-state index in [2.05, 4.69) is 10.6 Å². The lowest BCUT2D eigenvalue weighted by Crippen LogP contribution is -2.38. The van der Waals surface area contributed by atoms with Gasteiger partial charge < -0.3 is 10.6 Å². The van der Waals surface area contributed by atoms with Crippen molar-refractivity contribution in [3.63, 3.8) is 0 Å². The van der Waals surface area contributed by atoms with E-state index < -0.39 is 11.7 Å². The Bertz CT molecular complexity index is 696. The van der Waals surface area contributed by atoms with Crippen LogP contribution in [0.4, 0.5) is 4.39 Å². The van der Waals surface area contributed by atoms with E-state index in [0.29, 0.717) is 5.56 Å². The van der Waals surface area contributed by atoms with Crippen molar-refractivity contribution in [1.29, 1.82) is 0 Å². The lowest BCUT2D eigenvalue weighted by molar-refractivity contribution is -0.120. The molecule has 0 aliphatic rings. The molecule has 5 heteroatoms. The van der Waals surface area contributed by atoms with Crippen molar-refractivity contribution >= 4 is 11.8 Å². The summed E-state index contributed by atoms with van der Waals surface area (Å²) in [6.07, 6.45) is 0.751. The zero-order valence-corrected chi connectivity index (χ0v) is 13.8. The minimum absolute atomic E-state index is 0.0965. The molecule has 2 aromatic carbocycles. The molecule has 126 valence electrons. The molecular formula is C19H21FN2O2. The molecule has 0 spiro atoms. The van der Waals surface area contributed by atoms with Gasteiger partial charge in [0.1, 0.15) is 5.82 Å². The Morgan fingerprint density at radius 3 is 2.25 bits per heavy atom. The zero-order valence-electron chi connectivity index (χ0n) is 13.8. The molecule has 0 aliphatic heterocycles. The minimum Gasteiger partial charge on any atom is -0.348 e. The summed E-state index contributed by atoms with van der Waals surface area (Å²) in [5, 5.41) is 5.44. The first-order valence-electron chi connectivity index (χ1n) is 7.89. The Morgan fingerprint density at radius 1 is 1.04 bits per heavy atom. The molecule has 2 rings (SSSR count). The van der Waals surface area contributed by atoms with Crippen molar-refractivity contribution in [2.24, 2.45) is 0 Å². The highest BCUT2D eigenvalue weighted by atomic mass is 19.1. The van der Waals surface area contributed by atoms with Crippen molar-refractivity contribution in [1.82, 2.24) is 10.6 Å². The molecule has 0 radical (unpaired) electrons. The molecule has 0 heterocycles. The molecule has 4 nitrogen and oxygen atoms in total. The Balaban J connectivity index is 1.88. The molecule has 0 aromatic heterocycles. The fourth-order valence-electron chi connectivity index (χ4n) is 2.33. The van der Waals surface area contributed by atoms with E-state index in [1.54, 1.807) is 0 Å². The Morgan fingerprint density at radius 2 is 1.67 bits per heavy atom. The minimum atomic E-state index is -0.409. The Kier molecular flexibility index (Phi) is 6.07. The summed E-state index contributed by atoms with van der Waals surface area (Å²) in [6, 6.07) is 13.1. The first-order valence-corrected chi connectivity index (χ1v) is 7.89. The van der Waals surface area contributed by atoms with Gasteiger partial charge in [-0.25, -0.2) is 4.39 Å². The van der Waals surface area contributed by atoms with E-state index in [-0.39, 0.29) is 18.5 Å². The smallest absolute Gasteiger partial charge is 0.251 e. The largest absolute Gasteiger partial charge is 0.348 e. The quantitative estimate of drug-likeness (QED) is 0.856. The molecule has 0 aliphatic carbocycles. The SMILES string of the molecule is CCC(NC(=O)CNC(=O)c1ccc(F)cc1)c1ccc(C)cc1. The van der Waals surface area contributed by atoms with Crippen LogP contribution in [0.1, 0.15) is 40.9 Å². The zero-order chi connectivity index (χ0) is 17.5. The lowest BCUT2D eigenvalue weighted by atomic mass is 10.0. The highest BCUT2D eigenvalue weighted by molar-refractivity contribution is 5.96. The van der Waals surface area contributed by atoms with Gasteiger partial charge in [-0.2, -0.15) is 0 Å². The van der Waals surface area contributed by atoms with Crippen LogP contribution in [-0.2, 0) is 4.79 Å². The van der Waals surface area contributed by atoms with Crippen molar-refractivity contribution < 1.29 is 14.0 Å². The summed E-state index contributed by atoms with van der Waals surface area (Å²) < 4.78 is 12.8. The van der Waals surface area contributed by atoms with Crippen LogP contribution in [-0.4, -0.2) is 18.4 Å². The molecule has 0 bridgehead atoms. The highest BCUT2D eigenvalue weighted by Gasteiger charge is 2.14. The summed E-state index contributed by atoms with van der Waals surface area (Å²) in [5.74, 6) is -1.08. The number of amides is 2. The number of halogens is 1. The van der Waals surface area contributed by atoms with Crippen molar-refractivity contribution in [2.75, 3.05) is 6.54 Å². The van der Waals surface area contributed by atoms with Crippen molar-refractivity contribution in [3.05, 3.63) is 71.0 Å². The average Bonchev–Trinajstić information content (AvgIpc) is 2.59. The molecule has 0 saturated heterocycles. The molecule has 24 heavy (non-hydrogen) atoms. The lowest BCUT2D eigenvalue weighted by Gasteiger charge is -2.18. The number of rotatable bonds is 6. The predicted molar refractivity (Wildman–Crippen MR) is 91.1 cm³/mol. The van der Waals surface area contributed by atoms with Crippen LogP contribution in [0.2, 0.25) is 0 Å². The van der Waals surface area contributed by atoms with Gasteiger partial charge in [-0.15, -0.1) is 0 Å². The second kappa shape index (κ2) is 8.24. The van der Waals surface area contributed by atoms with Crippen LogP contribution in [0, 0.1) is 12.7 Å². The molecule has 1 atom stereocenters. The number of hydrogen-bond donors (Lipinski definition) is 2. The monoisotopic (exact) mass is 328 g/mol. The Hall–Kier alpha value is -2.69. The van der Waals surface area contributed by atoms with Crippen LogP contribution in [0.25, 0.3) is 0 Å². The van der Waals surface area contributed by atoms with Gasteiger partial charge in [0.25, 0.3) is 5.91 Å². The fraction of sp³-hybridized carbons (Fsp3) is 0.263. The van der Waals surface area contributed by atoms with Crippen LogP contribution in [0.3, 0.4) is 0 Å². The third kappa shape index (κ3) is 4.91. The maximum atomic E-state index is 12.8. The van der Waals surface area contributed by atoms with E-state index in [9.17, 15) is 14.0 Å². The molecule has 2 amide bonds. The number of carbonyl (C=O) groups is 2. The van der Waals surface area contributed by atoms with E-state index in [4.69, 9.17) is 0 Å². The highest BCUT2D eigenvalue weighted by Crippen LogP contribution is 2.16. The van der Waals surface area contributed by atoms with Crippen LogP contribution in [0.5, 0.6) is 0 Å². The number of aryl methyl sites for hydroxylation is 1. The van der Waals surface area contributed by atoms with Gasteiger partial charge in [0.05, 0.1) is 12.6 Å². The van der Waals surface area contributed by atoms with Crippen LogP contribution in [0.15, 0.2) is 48.5 Å². The average molecular weight is 328 g/mol. The summed E-state index contributed by atoms with van der Waals surface area (Å²) in [4.78, 5) is 24.0. The van der Waals surface area contributed by atoms with Crippen LogP contribution < -0.4 is 10.6 Å². The van der Waals surface area contributed by atoms with Crippen molar-refractivity contribution in [3.8, 4) is 0 Å². The predicted octanol–water partition coefficient (Wildman–Crippen LogP) is 3.13. The standard InChI is InChI=1S/C19H21FN2O2/c1-3-17(14-6-4-13(2)5-7-14)22-18(23)12-21-19(24)15-8-10-16(20)11-9-15/h4-11,17H,3,12H2,1-2H3,(H,21,24)(H,22,23). The molecule has 2 N–H and O–H groups in total. The van der Waals surface area contributed by atoms with Gasteiger partial charge in [0, 0.05) is 5.56 Å². The van der Waals surface area contributed by atoms with E-state index >= 15 is 0 Å². The second-order valence-electron chi connectivity index (χ2n) is 5.63. The first kappa shape index (κ1) is 17.7. The van der Waals surface area contributed by atoms with E-state index in [1.807, 2.05) is 38.1 Å². The topological polar surface area (TPSA) is 58.2 Å². The molecule has 0 fully saturated rings. The molecule has 0 saturated carbocycles. The van der Waals surface area contributed by atoms with Gasteiger partial charge in [0.2, 0.25) is 5.91 Å². The summed E-state index contributed by atoms with van der Waals surface area (Å²) >= 11 is 0.